The average molecular weight is 403 g/mol. The molecule has 0 radical (unpaired) electrons. The minimum Gasteiger partial charge on any atom is -0.327 e. The highest BCUT2D eigenvalue weighted by molar-refractivity contribution is 6.42. The fraction of sp³-hybridized carbons (Fsp3) is 0.211. The molecule has 1 saturated heterocycles. The van der Waals surface area contributed by atoms with E-state index in [0.29, 0.717) is 34.5 Å². The highest BCUT2D eigenvalue weighted by atomic mass is 35.5. The monoisotopic (exact) mass is 402 g/mol. The van der Waals surface area contributed by atoms with Gasteiger partial charge in [-0.1, -0.05) is 35.3 Å². The van der Waals surface area contributed by atoms with Crippen LogP contribution in [0.4, 0.5) is 5.95 Å². The number of hydrogen-bond donors (Lipinski definition) is 2. The van der Waals surface area contributed by atoms with Gasteiger partial charge in [-0.15, -0.1) is 0 Å². The lowest BCUT2D eigenvalue weighted by molar-refractivity contribution is -0.119. The Bertz CT molecular complexity index is 1000. The summed E-state index contributed by atoms with van der Waals surface area (Å²) in [6, 6.07) is 11.7. The van der Waals surface area contributed by atoms with Gasteiger partial charge in [-0.25, -0.2) is 4.98 Å². The predicted molar refractivity (Wildman–Crippen MR) is 105 cm³/mol. The van der Waals surface area contributed by atoms with Gasteiger partial charge in [0, 0.05) is 12.1 Å². The van der Waals surface area contributed by atoms with Crippen molar-refractivity contribution in [2.45, 2.75) is 18.9 Å². The Morgan fingerprint density at radius 3 is 2.74 bits per heavy atom. The van der Waals surface area contributed by atoms with Crippen molar-refractivity contribution >= 4 is 52.0 Å². The molecule has 1 atom stereocenters. The van der Waals surface area contributed by atoms with Gasteiger partial charge in [0.1, 0.15) is 6.04 Å². The molecule has 0 aliphatic carbocycles. The number of aromatic nitrogens is 2. The Morgan fingerprint density at radius 2 is 1.96 bits per heavy atom. The first-order valence-electron chi connectivity index (χ1n) is 8.54. The van der Waals surface area contributed by atoms with Crippen LogP contribution in [0.1, 0.15) is 23.2 Å². The third-order valence-electron chi connectivity index (χ3n) is 4.61. The number of amides is 2. The van der Waals surface area contributed by atoms with E-state index in [1.807, 2.05) is 24.3 Å². The zero-order valence-corrected chi connectivity index (χ0v) is 15.7. The third-order valence-corrected chi connectivity index (χ3v) is 5.35. The van der Waals surface area contributed by atoms with Crippen LogP contribution in [0.15, 0.2) is 42.5 Å². The van der Waals surface area contributed by atoms with Gasteiger partial charge < -0.3 is 9.88 Å². The van der Waals surface area contributed by atoms with Gasteiger partial charge in [0.25, 0.3) is 5.91 Å². The minimum atomic E-state index is -0.555. The van der Waals surface area contributed by atoms with Crippen molar-refractivity contribution < 1.29 is 9.59 Å². The molecule has 1 aromatic heterocycles. The van der Waals surface area contributed by atoms with E-state index in [4.69, 9.17) is 23.2 Å². The molecule has 8 heteroatoms. The van der Waals surface area contributed by atoms with Gasteiger partial charge >= 0.3 is 0 Å². The van der Waals surface area contributed by atoms with Crippen LogP contribution in [-0.2, 0) is 4.79 Å². The van der Waals surface area contributed by atoms with Crippen LogP contribution in [0.25, 0.3) is 11.0 Å². The van der Waals surface area contributed by atoms with Gasteiger partial charge in [-0.2, -0.15) is 0 Å². The number of H-pyrrole nitrogens is 1. The number of carbonyl (C=O) groups excluding carboxylic acids is 2. The minimum absolute atomic E-state index is 0.240. The summed E-state index contributed by atoms with van der Waals surface area (Å²) >= 11 is 11.9. The van der Waals surface area contributed by atoms with E-state index >= 15 is 0 Å². The van der Waals surface area contributed by atoms with Crippen LogP contribution in [0.3, 0.4) is 0 Å². The maximum absolute atomic E-state index is 12.8. The van der Waals surface area contributed by atoms with Crippen molar-refractivity contribution in [3.63, 3.8) is 0 Å². The number of fused-ring (bicyclic) bond motifs is 1. The van der Waals surface area contributed by atoms with Gasteiger partial charge in [0.15, 0.2) is 0 Å². The van der Waals surface area contributed by atoms with Crippen LogP contribution in [0.5, 0.6) is 0 Å². The van der Waals surface area contributed by atoms with Crippen molar-refractivity contribution in [2.75, 3.05) is 11.9 Å². The quantitative estimate of drug-likeness (QED) is 0.691. The highest BCUT2D eigenvalue weighted by Gasteiger charge is 2.35. The van der Waals surface area contributed by atoms with E-state index in [1.54, 1.807) is 17.0 Å². The van der Waals surface area contributed by atoms with Crippen molar-refractivity contribution in [1.29, 1.82) is 0 Å². The van der Waals surface area contributed by atoms with E-state index in [0.717, 1.165) is 17.5 Å². The van der Waals surface area contributed by atoms with E-state index in [2.05, 4.69) is 15.3 Å². The number of carbonyl (C=O) groups is 2. The van der Waals surface area contributed by atoms with Crippen LogP contribution >= 0.6 is 23.2 Å². The molecule has 4 rings (SSSR count). The molecule has 0 saturated carbocycles. The molecule has 1 fully saturated rings. The second kappa shape index (κ2) is 7.21. The molecule has 0 spiro atoms. The van der Waals surface area contributed by atoms with Crippen LogP contribution < -0.4 is 5.32 Å². The van der Waals surface area contributed by atoms with Crippen LogP contribution in [0.2, 0.25) is 10.0 Å². The summed E-state index contributed by atoms with van der Waals surface area (Å²) in [7, 11) is 0. The Morgan fingerprint density at radius 1 is 1.15 bits per heavy atom. The first kappa shape index (κ1) is 17.8. The number of nitrogens with one attached hydrogen (secondary N) is 2. The molecule has 1 unspecified atom stereocenters. The maximum atomic E-state index is 12.8. The molecule has 1 aliphatic heterocycles. The van der Waals surface area contributed by atoms with Crippen molar-refractivity contribution in [3.8, 4) is 0 Å². The van der Waals surface area contributed by atoms with E-state index < -0.39 is 6.04 Å². The molecule has 138 valence electrons. The van der Waals surface area contributed by atoms with Crippen LogP contribution in [0, 0.1) is 0 Å². The molecule has 0 bridgehead atoms. The van der Waals surface area contributed by atoms with Crippen molar-refractivity contribution in [1.82, 2.24) is 14.9 Å². The Labute approximate surface area is 165 Å². The van der Waals surface area contributed by atoms with E-state index in [1.165, 1.54) is 6.07 Å². The summed E-state index contributed by atoms with van der Waals surface area (Å²) < 4.78 is 0. The molecule has 2 heterocycles. The number of imidazole rings is 1. The largest absolute Gasteiger partial charge is 0.327 e. The average Bonchev–Trinajstić information content (AvgIpc) is 3.29. The number of anilines is 1. The summed E-state index contributed by atoms with van der Waals surface area (Å²) in [4.78, 5) is 34.6. The van der Waals surface area contributed by atoms with Crippen LogP contribution in [-0.4, -0.2) is 39.3 Å². The number of likely N-dealkylation sites (tertiary alicyclic amines) is 1. The Balaban J connectivity index is 1.52. The fourth-order valence-electron chi connectivity index (χ4n) is 3.29. The number of rotatable bonds is 3. The van der Waals surface area contributed by atoms with Gasteiger partial charge in [-0.05, 0) is 43.2 Å². The first-order valence-corrected chi connectivity index (χ1v) is 9.30. The van der Waals surface area contributed by atoms with Gasteiger partial charge in [0.05, 0.1) is 21.1 Å². The number of para-hydroxylation sites is 2. The fourth-order valence-corrected chi connectivity index (χ4v) is 3.59. The molecule has 1 aliphatic rings. The first-order chi connectivity index (χ1) is 13.0. The van der Waals surface area contributed by atoms with E-state index in [-0.39, 0.29) is 11.8 Å². The van der Waals surface area contributed by atoms with Gasteiger partial charge in [-0.3, -0.25) is 14.9 Å². The highest BCUT2D eigenvalue weighted by Crippen LogP contribution is 2.26. The molecule has 2 N–H and O–H groups in total. The summed E-state index contributed by atoms with van der Waals surface area (Å²) in [5, 5.41) is 3.48. The molecule has 2 amide bonds. The summed E-state index contributed by atoms with van der Waals surface area (Å²) in [5.74, 6) is -0.133. The number of hydrogen-bond acceptors (Lipinski definition) is 3. The normalized spacial score (nSPS) is 16.7. The van der Waals surface area contributed by atoms with E-state index in [9.17, 15) is 9.59 Å². The van der Waals surface area contributed by atoms with Crippen molar-refractivity contribution in [2.24, 2.45) is 0 Å². The number of benzene rings is 2. The zero-order chi connectivity index (χ0) is 19.0. The Hall–Kier alpha value is -2.57. The Kier molecular flexibility index (Phi) is 4.76. The summed E-state index contributed by atoms with van der Waals surface area (Å²) in [6.45, 7) is 0.511. The molecule has 27 heavy (non-hydrogen) atoms. The molecular formula is C19H16Cl2N4O2. The number of aromatic amines is 1. The smallest absolute Gasteiger partial charge is 0.254 e. The summed E-state index contributed by atoms with van der Waals surface area (Å²) in [5.41, 5.74) is 2.01. The lowest BCUT2D eigenvalue weighted by atomic mass is 10.1. The lowest BCUT2D eigenvalue weighted by Crippen LogP contribution is -2.43. The second-order valence-electron chi connectivity index (χ2n) is 6.38. The molecule has 2 aromatic carbocycles. The number of halogens is 2. The molecule has 6 nitrogen and oxygen atoms in total. The molecule has 3 aromatic rings. The SMILES string of the molecule is O=C(Nc1nc2ccccc2[nH]1)C1CCCN1C(=O)c1ccc(Cl)c(Cl)c1. The second-order valence-corrected chi connectivity index (χ2v) is 7.19. The predicted octanol–water partition coefficient (Wildman–Crippen LogP) is 4.11. The number of nitrogens with zero attached hydrogens (tertiary/aromatic N) is 2. The third kappa shape index (κ3) is 3.50. The lowest BCUT2D eigenvalue weighted by Gasteiger charge is -2.23. The van der Waals surface area contributed by atoms with Gasteiger partial charge in [0.2, 0.25) is 11.9 Å². The maximum Gasteiger partial charge on any atom is 0.254 e. The zero-order valence-electron chi connectivity index (χ0n) is 14.2. The standard InChI is InChI=1S/C19H16Cl2N4O2/c20-12-8-7-11(10-13(12)21)18(27)25-9-3-6-16(25)17(26)24-19-22-14-4-1-2-5-15(14)23-19/h1-2,4-5,7-8,10,16H,3,6,9H2,(H2,22,23,24,26). The van der Waals surface area contributed by atoms with Crippen molar-refractivity contribution in [3.05, 3.63) is 58.1 Å². The topological polar surface area (TPSA) is 78.1 Å². The summed E-state index contributed by atoms with van der Waals surface area (Å²) in [6.07, 6.45) is 1.35. The molecular weight excluding hydrogens is 387 g/mol.